The first-order chi connectivity index (χ1) is 17.8. The highest BCUT2D eigenvalue weighted by atomic mass is 32.2. The summed E-state index contributed by atoms with van der Waals surface area (Å²) in [5.74, 6) is 1.92. The first kappa shape index (κ1) is 35.8. The highest BCUT2D eigenvalue weighted by Gasteiger charge is 2.03. The monoisotopic (exact) mass is 528 g/mol. The van der Waals surface area contributed by atoms with Crippen LogP contribution in [0.2, 0.25) is 0 Å². The second-order valence-electron chi connectivity index (χ2n) is 10.6. The molecule has 0 amide bonds. The van der Waals surface area contributed by atoms with Crippen molar-refractivity contribution in [3.8, 4) is 0 Å². The fourth-order valence-corrected chi connectivity index (χ4v) is 5.35. The summed E-state index contributed by atoms with van der Waals surface area (Å²) in [6, 6.07) is 0. The summed E-state index contributed by atoms with van der Waals surface area (Å²) >= 11 is 1.85. The van der Waals surface area contributed by atoms with Crippen LogP contribution in [-0.2, 0) is 14.3 Å². The molecule has 0 bridgehead atoms. The Morgan fingerprint density at radius 1 is 0.472 bits per heavy atom. The number of carbonyl (C=O) groups is 1. The van der Waals surface area contributed by atoms with Crippen LogP contribution < -0.4 is 0 Å². The zero-order valence-corrected chi connectivity index (χ0v) is 25.5. The summed E-state index contributed by atoms with van der Waals surface area (Å²) in [6.07, 6.45) is 31.3. The van der Waals surface area contributed by atoms with Gasteiger partial charge in [-0.1, -0.05) is 142 Å². The molecule has 0 rings (SSSR count). The largest absolute Gasteiger partial charge is 0.466 e. The maximum Gasteiger partial charge on any atom is 0.306 e. The lowest BCUT2D eigenvalue weighted by Crippen LogP contribution is -2.07. The minimum atomic E-state index is -0.0256. The van der Waals surface area contributed by atoms with Gasteiger partial charge in [0.05, 0.1) is 13.0 Å². The zero-order valence-electron chi connectivity index (χ0n) is 24.6. The fraction of sp³-hybridized carbons (Fsp3) is 0.969. The van der Waals surface area contributed by atoms with Crippen molar-refractivity contribution >= 4 is 17.7 Å². The average Bonchev–Trinajstić information content (AvgIpc) is 2.88. The molecule has 0 spiro atoms. The van der Waals surface area contributed by atoms with Crippen LogP contribution in [0, 0.1) is 0 Å². The predicted molar refractivity (Wildman–Crippen MR) is 161 cm³/mol. The number of hydrogen-bond donors (Lipinski definition) is 0. The summed E-state index contributed by atoms with van der Waals surface area (Å²) in [5.41, 5.74) is 0. The predicted octanol–water partition coefficient (Wildman–Crippen LogP) is 10.7. The van der Waals surface area contributed by atoms with Gasteiger partial charge in [-0.3, -0.25) is 4.79 Å². The highest BCUT2D eigenvalue weighted by molar-refractivity contribution is 7.99. The normalized spacial score (nSPS) is 11.3. The van der Waals surface area contributed by atoms with E-state index >= 15 is 0 Å². The van der Waals surface area contributed by atoms with Gasteiger partial charge in [-0.25, -0.2) is 0 Å². The molecule has 0 fully saturated rings. The van der Waals surface area contributed by atoms with Crippen LogP contribution in [0.1, 0.15) is 168 Å². The van der Waals surface area contributed by atoms with Crippen molar-refractivity contribution in [3.05, 3.63) is 0 Å². The molecule has 0 N–H and O–H groups in total. The van der Waals surface area contributed by atoms with Crippen LogP contribution in [0.4, 0.5) is 0 Å². The first-order valence-electron chi connectivity index (χ1n) is 16.1. The molecule has 0 aliphatic carbocycles. The van der Waals surface area contributed by atoms with Gasteiger partial charge in [0, 0.05) is 19.0 Å². The fourth-order valence-electron chi connectivity index (χ4n) is 4.52. The number of unbranched alkanes of at least 4 members (excludes halogenated alkanes) is 20. The molecule has 0 saturated heterocycles. The molecule has 0 aromatic carbocycles. The van der Waals surface area contributed by atoms with Gasteiger partial charge in [-0.15, -0.1) is 0 Å². The van der Waals surface area contributed by atoms with Crippen molar-refractivity contribution in [2.24, 2.45) is 0 Å². The van der Waals surface area contributed by atoms with Gasteiger partial charge < -0.3 is 9.47 Å². The quantitative estimate of drug-likeness (QED) is 0.0662. The van der Waals surface area contributed by atoms with E-state index in [0.717, 1.165) is 37.6 Å². The van der Waals surface area contributed by atoms with Crippen molar-refractivity contribution < 1.29 is 14.3 Å². The van der Waals surface area contributed by atoms with Crippen molar-refractivity contribution in [2.45, 2.75) is 168 Å². The van der Waals surface area contributed by atoms with Gasteiger partial charge in [0.25, 0.3) is 0 Å². The average molecular weight is 529 g/mol. The van der Waals surface area contributed by atoms with E-state index in [4.69, 9.17) is 9.47 Å². The minimum absolute atomic E-state index is 0.0256. The Labute approximate surface area is 231 Å². The van der Waals surface area contributed by atoms with Crippen molar-refractivity contribution in [2.75, 3.05) is 31.3 Å². The second-order valence-corrected chi connectivity index (χ2v) is 11.8. The Morgan fingerprint density at radius 3 is 1.33 bits per heavy atom. The first-order valence-corrected chi connectivity index (χ1v) is 17.3. The van der Waals surface area contributed by atoms with Crippen LogP contribution in [0.15, 0.2) is 0 Å². The third kappa shape index (κ3) is 31.8. The van der Waals surface area contributed by atoms with Crippen molar-refractivity contribution in [3.63, 3.8) is 0 Å². The molecule has 0 aliphatic rings. The number of carbonyl (C=O) groups excluding carboxylic acids is 1. The molecule has 4 heteroatoms. The maximum absolute atomic E-state index is 11.8. The van der Waals surface area contributed by atoms with Crippen LogP contribution in [-0.4, -0.2) is 37.3 Å². The second kappa shape index (κ2) is 32.8. The van der Waals surface area contributed by atoms with Crippen LogP contribution in [0.25, 0.3) is 0 Å². The standard InChI is InChI=1S/C32H64O3S/c1-3-5-7-9-11-13-15-17-19-21-23-27-34-28-25-30-36-31-26-32(33)35-29-24-22-20-18-16-14-12-10-8-6-4-2/h3-31H2,1-2H3. The third-order valence-electron chi connectivity index (χ3n) is 6.93. The molecule has 36 heavy (non-hydrogen) atoms. The lowest BCUT2D eigenvalue weighted by Gasteiger charge is -2.06. The van der Waals surface area contributed by atoms with Gasteiger partial charge in [0.1, 0.15) is 0 Å². The molecule has 0 heterocycles. The van der Waals surface area contributed by atoms with Gasteiger partial charge in [-0.2, -0.15) is 11.8 Å². The molecule has 0 saturated carbocycles. The zero-order chi connectivity index (χ0) is 26.2. The van der Waals surface area contributed by atoms with E-state index in [9.17, 15) is 4.79 Å². The number of thioether (sulfide) groups is 1. The smallest absolute Gasteiger partial charge is 0.306 e. The van der Waals surface area contributed by atoms with Gasteiger partial charge in [0.15, 0.2) is 0 Å². The number of ether oxygens (including phenoxy) is 2. The molecular weight excluding hydrogens is 464 g/mol. The van der Waals surface area contributed by atoms with E-state index in [-0.39, 0.29) is 5.97 Å². The third-order valence-corrected chi connectivity index (χ3v) is 8.00. The summed E-state index contributed by atoms with van der Waals surface area (Å²) in [5, 5.41) is 0. The van der Waals surface area contributed by atoms with E-state index in [1.165, 1.54) is 135 Å². The lowest BCUT2D eigenvalue weighted by molar-refractivity contribution is -0.143. The Balaban J connectivity index is 3.13. The van der Waals surface area contributed by atoms with E-state index < -0.39 is 0 Å². The molecule has 0 radical (unpaired) electrons. The van der Waals surface area contributed by atoms with Gasteiger partial charge in [0.2, 0.25) is 0 Å². The Bertz CT molecular complexity index is 416. The van der Waals surface area contributed by atoms with Crippen molar-refractivity contribution in [1.82, 2.24) is 0 Å². The molecule has 3 nitrogen and oxygen atoms in total. The van der Waals surface area contributed by atoms with E-state index in [2.05, 4.69) is 13.8 Å². The molecule has 0 aromatic heterocycles. The van der Waals surface area contributed by atoms with Crippen LogP contribution in [0.3, 0.4) is 0 Å². The molecular formula is C32H64O3S. The maximum atomic E-state index is 11.8. The number of esters is 1. The molecule has 0 atom stereocenters. The SMILES string of the molecule is CCCCCCCCCCCCCOCCCSCCC(=O)OCCCCCCCCCCCCC. The van der Waals surface area contributed by atoms with E-state index in [1.807, 2.05) is 11.8 Å². The molecule has 0 aliphatic heterocycles. The summed E-state index contributed by atoms with van der Waals surface area (Å²) in [4.78, 5) is 11.8. The summed E-state index contributed by atoms with van der Waals surface area (Å²) in [7, 11) is 0. The van der Waals surface area contributed by atoms with E-state index in [0.29, 0.717) is 13.0 Å². The van der Waals surface area contributed by atoms with Gasteiger partial charge in [-0.05, 0) is 25.0 Å². The van der Waals surface area contributed by atoms with E-state index in [1.54, 1.807) is 0 Å². The number of hydrogen-bond acceptors (Lipinski definition) is 4. The Hall–Kier alpha value is -0.220. The molecule has 0 aromatic rings. The van der Waals surface area contributed by atoms with Crippen LogP contribution >= 0.6 is 11.8 Å². The molecule has 0 unspecified atom stereocenters. The van der Waals surface area contributed by atoms with Gasteiger partial charge >= 0.3 is 5.97 Å². The topological polar surface area (TPSA) is 35.5 Å². The summed E-state index contributed by atoms with van der Waals surface area (Å²) < 4.78 is 11.1. The number of rotatable bonds is 31. The highest BCUT2D eigenvalue weighted by Crippen LogP contribution is 2.13. The molecule has 216 valence electrons. The van der Waals surface area contributed by atoms with Crippen LogP contribution in [0.5, 0.6) is 0 Å². The summed E-state index contributed by atoms with van der Waals surface area (Å²) in [6.45, 7) is 6.92. The Morgan fingerprint density at radius 2 is 0.861 bits per heavy atom. The Kier molecular flexibility index (Phi) is 32.6. The van der Waals surface area contributed by atoms with Crippen molar-refractivity contribution in [1.29, 1.82) is 0 Å². The minimum Gasteiger partial charge on any atom is -0.466 e. The lowest BCUT2D eigenvalue weighted by atomic mass is 10.1.